The molecule has 0 aromatic heterocycles. The molecule has 0 heterocycles. The number of carbonyl (C=O) groups excluding carboxylic acids is 1. The quantitative estimate of drug-likeness (QED) is 0.337. The molecule has 0 radical (unpaired) electrons. The first-order chi connectivity index (χ1) is 17.2. The summed E-state index contributed by atoms with van der Waals surface area (Å²) < 4.78 is 0. The second-order valence-electron chi connectivity index (χ2n) is 9.58. The first-order valence-corrected chi connectivity index (χ1v) is 12.3. The number of aliphatic carboxylic acids is 2. The molecule has 0 aliphatic heterocycles. The lowest BCUT2D eigenvalue weighted by Crippen LogP contribution is -2.51. The van der Waals surface area contributed by atoms with Crippen LogP contribution in [0.1, 0.15) is 31.4 Å². The van der Waals surface area contributed by atoms with Crippen molar-refractivity contribution in [1.82, 2.24) is 10.2 Å². The number of carbonyl (C=O) groups is 3. The maximum Gasteiger partial charge on any atom is 0.326 e. The van der Waals surface area contributed by atoms with Crippen LogP contribution in [0.3, 0.4) is 0 Å². The van der Waals surface area contributed by atoms with Gasteiger partial charge >= 0.3 is 18.0 Å². The highest BCUT2D eigenvalue weighted by Gasteiger charge is 2.28. The predicted octanol–water partition coefficient (Wildman–Crippen LogP) is 4.84. The molecule has 190 valence electrons. The number of urea groups is 1. The molecular weight excluding hydrogens is 456 g/mol. The van der Waals surface area contributed by atoms with Crippen molar-refractivity contribution in [3.8, 4) is 0 Å². The van der Waals surface area contributed by atoms with E-state index < -0.39 is 29.9 Å². The SMILES string of the molecule is CC(C)CN(CC(CCc1ccccc1)C(=O)O)C(=O)NC(Cc1ccc2ccccc2c1)C(=O)O. The highest BCUT2D eigenvalue weighted by Crippen LogP contribution is 2.18. The summed E-state index contributed by atoms with van der Waals surface area (Å²) in [6.07, 6.45) is 1.08. The van der Waals surface area contributed by atoms with Crippen LogP contribution in [-0.2, 0) is 22.4 Å². The average Bonchev–Trinajstić information content (AvgIpc) is 2.85. The summed E-state index contributed by atoms with van der Waals surface area (Å²) in [5.74, 6) is -2.79. The number of rotatable bonds is 12. The number of aryl methyl sites for hydroxylation is 1. The second-order valence-corrected chi connectivity index (χ2v) is 9.58. The van der Waals surface area contributed by atoms with E-state index in [9.17, 15) is 24.6 Å². The van der Waals surface area contributed by atoms with Crippen molar-refractivity contribution < 1.29 is 24.6 Å². The Labute approximate surface area is 211 Å². The lowest BCUT2D eigenvalue weighted by molar-refractivity contribution is -0.142. The van der Waals surface area contributed by atoms with Gasteiger partial charge in [0.15, 0.2) is 0 Å². The van der Waals surface area contributed by atoms with E-state index in [-0.39, 0.29) is 18.9 Å². The Bertz CT molecular complexity index is 1180. The largest absolute Gasteiger partial charge is 0.481 e. The van der Waals surface area contributed by atoms with Gasteiger partial charge in [0, 0.05) is 19.5 Å². The van der Waals surface area contributed by atoms with Gasteiger partial charge in [-0.05, 0) is 40.7 Å². The van der Waals surface area contributed by atoms with E-state index in [2.05, 4.69) is 5.32 Å². The fourth-order valence-corrected chi connectivity index (χ4v) is 4.27. The van der Waals surface area contributed by atoms with Gasteiger partial charge in [-0.1, -0.05) is 86.6 Å². The van der Waals surface area contributed by atoms with Crippen molar-refractivity contribution in [1.29, 1.82) is 0 Å². The van der Waals surface area contributed by atoms with Crippen LogP contribution in [0.4, 0.5) is 4.79 Å². The summed E-state index contributed by atoms with van der Waals surface area (Å²) >= 11 is 0. The van der Waals surface area contributed by atoms with Crippen LogP contribution in [0.2, 0.25) is 0 Å². The zero-order valence-electron chi connectivity index (χ0n) is 20.8. The van der Waals surface area contributed by atoms with Crippen molar-refractivity contribution in [2.24, 2.45) is 11.8 Å². The van der Waals surface area contributed by atoms with Crippen LogP contribution in [-0.4, -0.2) is 52.2 Å². The minimum Gasteiger partial charge on any atom is -0.481 e. The number of benzene rings is 3. The minimum atomic E-state index is -1.14. The third kappa shape index (κ3) is 7.83. The molecule has 2 atom stereocenters. The molecule has 2 amide bonds. The number of carboxylic acid groups (broad SMARTS) is 2. The Balaban J connectivity index is 1.70. The third-order valence-electron chi connectivity index (χ3n) is 6.14. The molecule has 0 aliphatic rings. The molecule has 0 saturated carbocycles. The predicted molar refractivity (Wildman–Crippen MR) is 140 cm³/mol. The minimum absolute atomic E-state index is 0.00843. The molecule has 0 aliphatic carbocycles. The monoisotopic (exact) mass is 490 g/mol. The highest BCUT2D eigenvalue weighted by atomic mass is 16.4. The number of hydrogen-bond acceptors (Lipinski definition) is 3. The standard InChI is InChI=1S/C29H34N2O5/c1-20(2)18-31(19-25(27(32)33)15-12-21-8-4-3-5-9-21)29(36)30-26(28(34)35)17-22-13-14-23-10-6-7-11-24(23)16-22/h3-11,13-14,16,20,25-26H,12,15,17-19H2,1-2H3,(H,30,36)(H,32,33)(H,34,35). The van der Waals surface area contributed by atoms with E-state index in [0.29, 0.717) is 19.4 Å². The van der Waals surface area contributed by atoms with E-state index in [1.54, 1.807) is 0 Å². The van der Waals surface area contributed by atoms with Gasteiger partial charge in [0.1, 0.15) is 6.04 Å². The van der Waals surface area contributed by atoms with E-state index >= 15 is 0 Å². The molecule has 7 nitrogen and oxygen atoms in total. The number of nitrogens with zero attached hydrogens (tertiary/aromatic N) is 1. The average molecular weight is 491 g/mol. The molecule has 0 saturated heterocycles. The van der Waals surface area contributed by atoms with Crippen molar-refractivity contribution in [3.05, 3.63) is 83.9 Å². The highest BCUT2D eigenvalue weighted by molar-refractivity contribution is 5.85. The summed E-state index contributed by atoms with van der Waals surface area (Å²) in [4.78, 5) is 38.6. The molecule has 0 bridgehead atoms. The Morgan fingerprint density at radius 3 is 2.11 bits per heavy atom. The number of fused-ring (bicyclic) bond motifs is 1. The first kappa shape index (κ1) is 26.7. The van der Waals surface area contributed by atoms with Gasteiger partial charge in [-0.25, -0.2) is 9.59 Å². The normalized spacial score (nSPS) is 12.8. The molecule has 3 aromatic carbocycles. The van der Waals surface area contributed by atoms with Crippen LogP contribution in [0.15, 0.2) is 72.8 Å². The fourth-order valence-electron chi connectivity index (χ4n) is 4.27. The summed E-state index contributed by atoms with van der Waals surface area (Å²) in [6.45, 7) is 4.20. The van der Waals surface area contributed by atoms with Crippen LogP contribution in [0.25, 0.3) is 10.8 Å². The van der Waals surface area contributed by atoms with Crippen molar-refractivity contribution in [2.75, 3.05) is 13.1 Å². The number of amides is 2. The zero-order chi connectivity index (χ0) is 26.1. The molecule has 0 spiro atoms. The van der Waals surface area contributed by atoms with Crippen molar-refractivity contribution >= 4 is 28.7 Å². The Morgan fingerprint density at radius 2 is 1.47 bits per heavy atom. The van der Waals surface area contributed by atoms with Crippen LogP contribution < -0.4 is 5.32 Å². The Hall–Kier alpha value is -3.87. The molecule has 7 heteroatoms. The van der Waals surface area contributed by atoms with Gasteiger partial charge in [0.05, 0.1) is 5.92 Å². The molecule has 3 N–H and O–H groups in total. The van der Waals surface area contributed by atoms with Gasteiger partial charge in [-0.3, -0.25) is 4.79 Å². The van der Waals surface area contributed by atoms with Crippen molar-refractivity contribution in [2.45, 2.75) is 39.2 Å². The van der Waals surface area contributed by atoms with Crippen LogP contribution >= 0.6 is 0 Å². The fraction of sp³-hybridized carbons (Fsp3) is 0.345. The number of nitrogens with one attached hydrogen (secondary N) is 1. The van der Waals surface area contributed by atoms with Gasteiger partial charge in [0.25, 0.3) is 0 Å². The third-order valence-corrected chi connectivity index (χ3v) is 6.14. The van der Waals surface area contributed by atoms with Gasteiger partial charge < -0.3 is 20.4 Å². The van der Waals surface area contributed by atoms with E-state index in [4.69, 9.17) is 0 Å². The lowest BCUT2D eigenvalue weighted by Gasteiger charge is -2.29. The van der Waals surface area contributed by atoms with Gasteiger partial charge in [-0.15, -0.1) is 0 Å². The van der Waals surface area contributed by atoms with E-state index in [0.717, 1.165) is 21.9 Å². The molecule has 36 heavy (non-hydrogen) atoms. The zero-order valence-corrected chi connectivity index (χ0v) is 20.8. The summed E-state index contributed by atoms with van der Waals surface area (Å²) in [5, 5.41) is 24.3. The van der Waals surface area contributed by atoms with Crippen LogP contribution in [0, 0.1) is 11.8 Å². The molecule has 3 aromatic rings. The van der Waals surface area contributed by atoms with E-state index in [1.165, 1.54) is 4.90 Å². The summed E-state index contributed by atoms with van der Waals surface area (Å²) in [7, 11) is 0. The lowest BCUT2D eigenvalue weighted by atomic mass is 9.98. The number of hydrogen-bond donors (Lipinski definition) is 3. The number of carboxylic acids is 2. The first-order valence-electron chi connectivity index (χ1n) is 12.3. The summed E-state index contributed by atoms with van der Waals surface area (Å²) in [6, 6.07) is 21.4. The molecular formula is C29H34N2O5. The van der Waals surface area contributed by atoms with Crippen molar-refractivity contribution in [3.63, 3.8) is 0 Å². The van der Waals surface area contributed by atoms with Gasteiger partial charge in [0.2, 0.25) is 0 Å². The smallest absolute Gasteiger partial charge is 0.326 e. The van der Waals surface area contributed by atoms with Crippen LogP contribution in [0.5, 0.6) is 0 Å². The van der Waals surface area contributed by atoms with E-state index in [1.807, 2.05) is 86.6 Å². The summed E-state index contributed by atoms with van der Waals surface area (Å²) in [5.41, 5.74) is 1.83. The van der Waals surface area contributed by atoms with Gasteiger partial charge in [-0.2, -0.15) is 0 Å². The second kappa shape index (κ2) is 12.7. The maximum atomic E-state index is 13.2. The Morgan fingerprint density at radius 1 is 0.806 bits per heavy atom. The molecule has 0 fully saturated rings. The Kier molecular flexibility index (Phi) is 9.45. The molecule has 3 rings (SSSR count). The molecule has 2 unspecified atom stereocenters. The maximum absolute atomic E-state index is 13.2. The topological polar surface area (TPSA) is 107 Å².